The van der Waals surface area contributed by atoms with Gasteiger partial charge in [0.25, 0.3) is 5.91 Å². The molecule has 6 heteroatoms. The van der Waals surface area contributed by atoms with E-state index >= 15 is 0 Å². The molecule has 0 spiro atoms. The number of fused-ring (bicyclic) bond motifs is 2. The van der Waals surface area contributed by atoms with Crippen molar-refractivity contribution in [1.82, 2.24) is 19.7 Å². The third kappa shape index (κ3) is 2.79. The zero-order valence-electron chi connectivity index (χ0n) is 15.5. The molecule has 1 atom stereocenters. The highest BCUT2D eigenvalue weighted by Gasteiger charge is 2.33. The number of hydrogen-bond donors (Lipinski definition) is 1. The fraction of sp³-hybridized carbons (Fsp3) is 0.350. The number of benzene rings is 1. The van der Waals surface area contributed by atoms with Gasteiger partial charge in [0.15, 0.2) is 11.3 Å². The van der Waals surface area contributed by atoms with Crippen LogP contribution >= 0.6 is 0 Å². The Balaban J connectivity index is 1.73. The summed E-state index contributed by atoms with van der Waals surface area (Å²) in [6.07, 6.45) is 5.90. The van der Waals surface area contributed by atoms with E-state index in [1.165, 1.54) is 11.1 Å². The molecule has 0 radical (unpaired) electrons. The second kappa shape index (κ2) is 6.27. The molecule has 1 amide bonds. The van der Waals surface area contributed by atoms with Gasteiger partial charge >= 0.3 is 0 Å². The molecular formula is C20H23BN4O. The molecule has 132 valence electrons. The molecule has 0 saturated heterocycles. The molecule has 3 aromatic rings. The molecule has 2 aromatic heterocycles. The first-order valence-corrected chi connectivity index (χ1v) is 9.20. The first-order valence-electron chi connectivity index (χ1n) is 9.20. The van der Waals surface area contributed by atoms with Crippen LogP contribution in [0.3, 0.4) is 0 Å². The lowest BCUT2D eigenvalue weighted by Crippen LogP contribution is -2.46. The lowest BCUT2D eigenvalue weighted by molar-refractivity contribution is 0.0920. The summed E-state index contributed by atoms with van der Waals surface area (Å²) in [5.41, 5.74) is 5.06. The molecule has 4 rings (SSSR count). The minimum Gasteiger partial charge on any atom is -0.349 e. The number of amides is 1. The van der Waals surface area contributed by atoms with Gasteiger partial charge in [-0.05, 0) is 50.3 Å². The average molecular weight is 346 g/mol. The van der Waals surface area contributed by atoms with Crippen molar-refractivity contribution in [2.45, 2.75) is 45.0 Å². The summed E-state index contributed by atoms with van der Waals surface area (Å²) in [5, 5.41) is 3.27. The highest BCUT2D eigenvalue weighted by Crippen LogP contribution is 2.32. The van der Waals surface area contributed by atoms with Crippen LogP contribution in [0.2, 0.25) is 0 Å². The molecule has 0 bridgehead atoms. The van der Waals surface area contributed by atoms with E-state index in [9.17, 15) is 4.79 Å². The van der Waals surface area contributed by atoms with Gasteiger partial charge in [-0.15, -0.1) is 0 Å². The van der Waals surface area contributed by atoms with E-state index in [0.717, 1.165) is 37.1 Å². The lowest BCUT2D eigenvalue weighted by atomic mass is 9.68. The molecule has 1 N–H and O–H groups in total. The predicted octanol–water partition coefficient (Wildman–Crippen LogP) is 2.29. The Morgan fingerprint density at radius 2 is 2.08 bits per heavy atom. The monoisotopic (exact) mass is 346 g/mol. The van der Waals surface area contributed by atoms with Crippen LogP contribution in [-0.2, 0) is 11.9 Å². The van der Waals surface area contributed by atoms with E-state index in [2.05, 4.69) is 47.4 Å². The standard InChI is InChI=1S/C20H23BN4O/c1-13-11-14(2)25-12-22-17(18(25)23-13)19(26)24-20(21)10-6-5-8-15-7-3-4-9-16(15)20/h3-4,7,9,11-12H,5-6,8,10,21H2,1-2H3,(H,24,26). The topological polar surface area (TPSA) is 59.3 Å². The molecule has 1 aromatic carbocycles. The maximum absolute atomic E-state index is 13.1. The Kier molecular flexibility index (Phi) is 4.06. The summed E-state index contributed by atoms with van der Waals surface area (Å²) in [4.78, 5) is 22.0. The van der Waals surface area contributed by atoms with Crippen molar-refractivity contribution in [2.75, 3.05) is 0 Å². The molecule has 1 aliphatic carbocycles. The smallest absolute Gasteiger partial charge is 0.273 e. The van der Waals surface area contributed by atoms with Crippen LogP contribution in [0, 0.1) is 13.8 Å². The Hall–Kier alpha value is -2.63. The molecule has 2 heterocycles. The van der Waals surface area contributed by atoms with Crippen molar-refractivity contribution >= 4 is 19.4 Å². The second-order valence-corrected chi connectivity index (χ2v) is 7.48. The highest BCUT2D eigenvalue weighted by atomic mass is 16.2. The van der Waals surface area contributed by atoms with Crippen LogP contribution in [0.25, 0.3) is 5.65 Å². The van der Waals surface area contributed by atoms with E-state index < -0.39 is 0 Å². The van der Waals surface area contributed by atoms with Gasteiger partial charge in [0.05, 0.1) is 0 Å². The van der Waals surface area contributed by atoms with Crippen LogP contribution in [0.5, 0.6) is 0 Å². The minimum absolute atomic E-state index is 0.163. The highest BCUT2D eigenvalue weighted by molar-refractivity contribution is 6.18. The van der Waals surface area contributed by atoms with Crippen molar-refractivity contribution < 1.29 is 4.79 Å². The van der Waals surface area contributed by atoms with Crippen molar-refractivity contribution in [3.63, 3.8) is 0 Å². The first-order chi connectivity index (χ1) is 12.5. The summed E-state index contributed by atoms with van der Waals surface area (Å²) in [7, 11) is 2.12. The van der Waals surface area contributed by atoms with Crippen molar-refractivity contribution in [3.05, 3.63) is 64.9 Å². The summed E-state index contributed by atoms with van der Waals surface area (Å²) < 4.78 is 1.87. The minimum atomic E-state index is -0.390. The summed E-state index contributed by atoms with van der Waals surface area (Å²) >= 11 is 0. The number of carbonyl (C=O) groups excluding carboxylic acids is 1. The Morgan fingerprint density at radius 3 is 2.92 bits per heavy atom. The van der Waals surface area contributed by atoms with E-state index in [1.54, 1.807) is 6.33 Å². The third-order valence-corrected chi connectivity index (χ3v) is 5.41. The lowest BCUT2D eigenvalue weighted by Gasteiger charge is -2.32. The van der Waals surface area contributed by atoms with Gasteiger partial charge in [0, 0.05) is 16.8 Å². The molecule has 0 fully saturated rings. The number of hydrogen-bond acceptors (Lipinski definition) is 3. The van der Waals surface area contributed by atoms with Gasteiger partial charge in [-0.25, -0.2) is 9.97 Å². The Bertz CT molecular complexity index is 997. The fourth-order valence-electron chi connectivity index (χ4n) is 4.08. The van der Waals surface area contributed by atoms with Crippen LogP contribution in [0.15, 0.2) is 36.7 Å². The molecule has 1 unspecified atom stereocenters. The molecule has 0 saturated carbocycles. The largest absolute Gasteiger partial charge is 0.349 e. The van der Waals surface area contributed by atoms with Crippen molar-refractivity contribution in [1.29, 1.82) is 0 Å². The molecule has 1 aliphatic rings. The zero-order chi connectivity index (χ0) is 18.3. The number of nitrogens with zero attached hydrogens (tertiary/aromatic N) is 3. The van der Waals surface area contributed by atoms with Crippen molar-refractivity contribution in [2.24, 2.45) is 0 Å². The number of nitrogens with one attached hydrogen (secondary N) is 1. The molecular weight excluding hydrogens is 323 g/mol. The maximum atomic E-state index is 13.1. The fourth-order valence-corrected chi connectivity index (χ4v) is 4.08. The van der Waals surface area contributed by atoms with Gasteiger partial charge in [0.2, 0.25) is 0 Å². The third-order valence-electron chi connectivity index (χ3n) is 5.41. The number of aromatic nitrogens is 3. The summed E-state index contributed by atoms with van der Waals surface area (Å²) in [6, 6.07) is 10.4. The summed E-state index contributed by atoms with van der Waals surface area (Å²) in [5.74, 6) is -0.163. The van der Waals surface area contributed by atoms with E-state index in [1.807, 2.05) is 24.3 Å². The number of imidazole rings is 1. The van der Waals surface area contributed by atoms with Gasteiger partial charge < -0.3 is 5.32 Å². The molecule has 5 nitrogen and oxygen atoms in total. The van der Waals surface area contributed by atoms with E-state index in [0.29, 0.717) is 11.3 Å². The quantitative estimate of drug-likeness (QED) is 0.572. The van der Waals surface area contributed by atoms with Gasteiger partial charge in [-0.1, -0.05) is 30.7 Å². The van der Waals surface area contributed by atoms with Crippen molar-refractivity contribution in [3.8, 4) is 0 Å². The van der Waals surface area contributed by atoms with Crippen LogP contribution < -0.4 is 5.32 Å². The van der Waals surface area contributed by atoms with Crippen LogP contribution in [0.4, 0.5) is 0 Å². The number of rotatable bonds is 2. The number of carbonyl (C=O) groups is 1. The zero-order valence-corrected chi connectivity index (χ0v) is 15.5. The van der Waals surface area contributed by atoms with Gasteiger partial charge in [-0.3, -0.25) is 9.20 Å². The van der Waals surface area contributed by atoms with E-state index in [4.69, 9.17) is 0 Å². The summed E-state index contributed by atoms with van der Waals surface area (Å²) in [6.45, 7) is 3.93. The molecule has 26 heavy (non-hydrogen) atoms. The number of aryl methyl sites for hydroxylation is 3. The maximum Gasteiger partial charge on any atom is 0.273 e. The normalized spacial score (nSPS) is 19.8. The Morgan fingerprint density at radius 1 is 1.27 bits per heavy atom. The first kappa shape index (κ1) is 16.8. The average Bonchev–Trinajstić information content (AvgIpc) is 2.96. The van der Waals surface area contributed by atoms with E-state index in [-0.39, 0.29) is 11.3 Å². The SMILES string of the molecule is BC1(NC(=O)c2ncn3c(C)cc(C)nc23)CCCCc2ccccc21. The molecule has 0 aliphatic heterocycles. The Labute approximate surface area is 154 Å². The van der Waals surface area contributed by atoms with Crippen LogP contribution in [0.1, 0.15) is 52.3 Å². The second-order valence-electron chi connectivity index (χ2n) is 7.48. The van der Waals surface area contributed by atoms with Gasteiger partial charge in [-0.2, -0.15) is 0 Å². The van der Waals surface area contributed by atoms with Gasteiger partial charge in [0.1, 0.15) is 14.2 Å². The predicted molar refractivity (Wildman–Crippen MR) is 104 cm³/mol. The van der Waals surface area contributed by atoms with Crippen LogP contribution in [-0.4, -0.2) is 28.1 Å².